The van der Waals surface area contributed by atoms with Crippen molar-refractivity contribution in [2.24, 2.45) is 0 Å². The van der Waals surface area contributed by atoms with Crippen molar-refractivity contribution in [3.05, 3.63) is 35.4 Å². The molecule has 1 atom stereocenters. The highest BCUT2D eigenvalue weighted by Crippen LogP contribution is 2.08. The molecular weight excluding hydrogens is 240 g/mol. The molecule has 102 valence electrons. The van der Waals surface area contributed by atoms with Crippen molar-refractivity contribution >= 4 is 11.8 Å². The Hall–Kier alpha value is -1.84. The van der Waals surface area contributed by atoms with Gasteiger partial charge in [0, 0.05) is 12.1 Å². The molecule has 1 aromatic carbocycles. The molecule has 19 heavy (non-hydrogen) atoms. The minimum absolute atomic E-state index is 0.0813. The highest BCUT2D eigenvalue weighted by Gasteiger charge is 2.23. The molecule has 2 N–H and O–H groups in total. The Morgan fingerprint density at radius 2 is 2.11 bits per heavy atom. The second kappa shape index (κ2) is 6.36. The molecule has 0 bridgehead atoms. The molecule has 0 unspecified atom stereocenters. The zero-order chi connectivity index (χ0) is 13.7. The van der Waals surface area contributed by atoms with E-state index in [1.165, 1.54) is 5.56 Å². The number of benzene rings is 1. The van der Waals surface area contributed by atoms with E-state index in [1.54, 1.807) is 0 Å². The summed E-state index contributed by atoms with van der Waals surface area (Å²) in [4.78, 5) is 23.6. The maximum Gasteiger partial charge on any atom is 0.251 e. The lowest BCUT2D eigenvalue weighted by Crippen LogP contribution is -2.50. The van der Waals surface area contributed by atoms with Crippen molar-refractivity contribution in [1.82, 2.24) is 10.6 Å². The summed E-state index contributed by atoms with van der Waals surface area (Å²) in [5.74, 6) is -0.257. The summed E-state index contributed by atoms with van der Waals surface area (Å²) in [6.07, 6.45) is 3.73. The fourth-order valence-electron chi connectivity index (χ4n) is 2.26. The largest absolute Gasteiger partial charge is 0.354 e. The first-order chi connectivity index (χ1) is 9.20. The Balaban J connectivity index is 1.97. The maximum atomic E-state index is 12.0. The number of hydrogen-bond donors (Lipinski definition) is 2. The van der Waals surface area contributed by atoms with E-state index in [0.717, 1.165) is 19.3 Å². The molecule has 1 fully saturated rings. The first-order valence-corrected chi connectivity index (χ1v) is 6.88. The monoisotopic (exact) mass is 260 g/mol. The van der Waals surface area contributed by atoms with Crippen LogP contribution in [0, 0.1) is 0 Å². The van der Waals surface area contributed by atoms with Crippen LogP contribution in [0.2, 0.25) is 0 Å². The minimum Gasteiger partial charge on any atom is -0.354 e. The third-order valence-electron chi connectivity index (χ3n) is 3.35. The van der Waals surface area contributed by atoms with E-state index in [-0.39, 0.29) is 11.8 Å². The van der Waals surface area contributed by atoms with Gasteiger partial charge in [-0.3, -0.25) is 9.59 Å². The summed E-state index contributed by atoms with van der Waals surface area (Å²) in [7, 11) is 0. The molecule has 4 heteroatoms. The lowest BCUT2D eigenvalue weighted by molar-refractivity contribution is -0.124. The molecule has 2 rings (SSSR count). The molecule has 0 spiro atoms. The number of amides is 2. The van der Waals surface area contributed by atoms with E-state index in [0.29, 0.717) is 18.5 Å². The summed E-state index contributed by atoms with van der Waals surface area (Å²) in [6, 6.07) is 7.19. The Labute approximate surface area is 113 Å². The molecule has 1 saturated heterocycles. The predicted molar refractivity (Wildman–Crippen MR) is 73.9 cm³/mol. The molecule has 4 nitrogen and oxygen atoms in total. The van der Waals surface area contributed by atoms with E-state index in [9.17, 15) is 9.59 Å². The summed E-state index contributed by atoms with van der Waals surface area (Å²) in [5.41, 5.74) is 1.84. The predicted octanol–water partition coefficient (Wildman–Crippen LogP) is 1.65. The zero-order valence-electron chi connectivity index (χ0n) is 11.2. The van der Waals surface area contributed by atoms with Crippen LogP contribution >= 0.6 is 0 Å². The van der Waals surface area contributed by atoms with E-state index >= 15 is 0 Å². The second-order valence-corrected chi connectivity index (χ2v) is 4.91. The van der Waals surface area contributed by atoms with E-state index in [1.807, 2.05) is 24.3 Å². The standard InChI is InChI=1S/C15H20N2O2/c1-2-4-11-6-8-12(9-7-11)14(18)17-13-5-3-10-16-15(13)19/h6-9,13H,2-5,10H2,1H3,(H,16,19)(H,17,18)/t13-/m1/s1. The van der Waals surface area contributed by atoms with Gasteiger partial charge < -0.3 is 10.6 Å². The molecule has 1 aliphatic heterocycles. The van der Waals surface area contributed by atoms with Crippen molar-refractivity contribution in [2.45, 2.75) is 38.6 Å². The lowest BCUT2D eigenvalue weighted by atomic mass is 10.0. The van der Waals surface area contributed by atoms with Crippen LogP contribution < -0.4 is 10.6 Å². The maximum absolute atomic E-state index is 12.0. The molecule has 1 heterocycles. The fourth-order valence-corrected chi connectivity index (χ4v) is 2.26. The number of aryl methyl sites for hydroxylation is 1. The third-order valence-corrected chi connectivity index (χ3v) is 3.35. The second-order valence-electron chi connectivity index (χ2n) is 4.91. The third kappa shape index (κ3) is 3.56. The first kappa shape index (κ1) is 13.6. The normalized spacial score (nSPS) is 18.8. The van der Waals surface area contributed by atoms with Crippen molar-refractivity contribution in [3.63, 3.8) is 0 Å². The van der Waals surface area contributed by atoms with Crippen LogP contribution in [0.15, 0.2) is 24.3 Å². The van der Waals surface area contributed by atoms with Gasteiger partial charge in [0.05, 0.1) is 0 Å². The number of carbonyl (C=O) groups excluding carboxylic acids is 2. The number of carbonyl (C=O) groups is 2. The van der Waals surface area contributed by atoms with E-state index in [4.69, 9.17) is 0 Å². The zero-order valence-corrected chi connectivity index (χ0v) is 11.2. The van der Waals surface area contributed by atoms with E-state index < -0.39 is 6.04 Å². The molecule has 0 aliphatic carbocycles. The smallest absolute Gasteiger partial charge is 0.251 e. The quantitative estimate of drug-likeness (QED) is 0.864. The van der Waals surface area contributed by atoms with Gasteiger partial charge in [-0.1, -0.05) is 25.5 Å². The van der Waals surface area contributed by atoms with E-state index in [2.05, 4.69) is 17.6 Å². The van der Waals surface area contributed by atoms with Crippen LogP contribution in [0.1, 0.15) is 42.1 Å². The number of rotatable bonds is 4. The summed E-state index contributed by atoms with van der Waals surface area (Å²) < 4.78 is 0. The number of nitrogens with one attached hydrogen (secondary N) is 2. The fraction of sp³-hybridized carbons (Fsp3) is 0.467. The van der Waals surface area contributed by atoms with Crippen LogP contribution in [-0.2, 0) is 11.2 Å². The first-order valence-electron chi connectivity index (χ1n) is 6.88. The van der Waals surface area contributed by atoms with Gasteiger partial charge in [-0.05, 0) is 37.0 Å². The van der Waals surface area contributed by atoms with Crippen molar-refractivity contribution in [1.29, 1.82) is 0 Å². The summed E-state index contributed by atoms with van der Waals surface area (Å²) in [6.45, 7) is 2.83. The van der Waals surface area contributed by atoms with Gasteiger partial charge >= 0.3 is 0 Å². The van der Waals surface area contributed by atoms with Gasteiger partial charge in [0.25, 0.3) is 5.91 Å². The number of hydrogen-bond acceptors (Lipinski definition) is 2. The summed E-state index contributed by atoms with van der Waals surface area (Å²) in [5, 5.41) is 5.55. The SMILES string of the molecule is CCCc1ccc(C(=O)N[C@@H]2CCCNC2=O)cc1. The Bertz CT molecular complexity index is 454. The Morgan fingerprint density at radius 1 is 1.37 bits per heavy atom. The molecule has 1 aliphatic rings. The van der Waals surface area contributed by atoms with Crippen molar-refractivity contribution < 1.29 is 9.59 Å². The van der Waals surface area contributed by atoms with Gasteiger partial charge in [-0.25, -0.2) is 0 Å². The van der Waals surface area contributed by atoms with Crippen LogP contribution in [0.4, 0.5) is 0 Å². The van der Waals surface area contributed by atoms with Gasteiger partial charge in [-0.2, -0.15) is 0 Å². The van der Waals surface area contributed by atoms with Gasteiger partial charge in [0.15, 0.2) is 0 Å². The number of piperidine rings is 1. The van der Waals surface area contributed by atoms with Gasteiger partial charge in [0.2, 0.25) is 5.91 Å². The van der Waals surface area contributed by atoms with Gasteiger partial charge in [-0.15, -0.1) is 0 Å². The molecular formula is C15H20N2O2. The van der Waals surface area contributed by atoms with Crippen LogP contribution in [0.5, 0.6) is 0 Å². The average molecular weight is 260 g/mol. The lowest BCUT2D eigenvalue weighted by Gasteiger charge is -2.22. The van der Waals surface area contributed by atoms with Crippen molar-refractivity contribution in [2.75, 3.05) is 6.54 Å². The Kier molecular flexibility index (Phi) is 4.55. The van der Waals surface area contributed by atoms with Crippen LogP contribution in [-0.4, -0.2) is 24.4 Å². The summed E-state index contributed by atoms with van der Waals surface area (Å²) >= 11 is 0. The van der Waals surface area contributed by atoms with Crippen LogP contribution in [0.25, 0.3) is 0 Å². The molecule has 0 aromatic heterocycles. The molecule has 1 aromatic rings. The average Bonchev–Trinajstić information content (AvgIpc) is 2.42. The molecule has 0 radical (unpaired) electrons. The van der Waals surface area contributed by atoms with Crippen molar-refractivity contribution in [3.8, 4) is 0 Å². The topological polar surface area (TPSA) is 58.2 Å². The molecule has 2 amide bonds. The van der Waals surface area contributed by atoms with Gasteiger partial charge in [0.1, 0.15) is 6.04 Å². The highest BCUT2D eigenvalue weighted by molar-refractivity contribution is 5.97. The minimum atomic E-state index is -0.392. The van der Waals surface area contributed by atoms with Crippen LogP contribution in [0.3, 0.4) is 0 Å². The Morgan fingerprint density at radius 3 is 2.74 bits per heavy atom. The highest BCUT2D eigenvalue weighted by atomic mass is 16.2. The molecule has 0 saturated carbocycles.